The Kier molecular flexibility index (Phi) is 3.26. The molecule has 0 amide bonds. The van der Waals surface area contributed by atoms with Crippen LogP contribution in [0.4, 0.5) is 0 Å². The first kappa shape index (κ1) is 8.93. The quantitative estimate of drug-likeness (QED) is 0.479. The molecule has 1 aliphatic rings. The second-order valence-corrected chi connectivity index (χ2v) is 3.00. The largest absolute Gasteiger partial charge is 0.346 e. The molecule has 0 unspecified atom stereocenters. The number of nitrogens with two attached hydrogens (primary N) is 1. The van der Waals surface area contributed by atoms with Crippen LogP contribution in [0.1, 0.15) is 25.7 Å². The molecular formula is C7H15NO3. The molecule has 0 aromatic carbocycles. The summed E-state index contributed by atoms with van der Waals surface area (Å²) in [6.07, 6.45) is 3.47. The number of hydrogen-bond donors (Lipinski definition) is 3. The third kappa shape index (κ3) is 3.16. The molecule has 1 aliphatic carbocycles. The number of hydrogen-bond acceptors (Lipinski definition) is 4. The molecular weight excluding hydrogens is 146 g/mol. The summed E-state index contributed by atoms with van der Waals surface area (Å²) in [5.74, 6) is 0. The molecule has 0 heterocycles. The maximum atomic E-state index is 8.47. The van der Waals surface area contributed by atoms with Crippen molar-refractivity contribution in [1.29, 1.82) is 0 Å². The molecule has 0 bridgehead atoms. The van der Waals surface area contributed by atoms with Gasteiger partial charge in [0.05, 0.1) is 6.10 Å². The molecule has 0 aliphatic heterocycles. The van der Waals surface area contributed by atoms with Crippen LogP contribution in [0.2, 0.25) is 0 Å². The van der Waals surface area contributed by atoms with Gasteiger partial charge in [-0.2, -0.15) is 0 Å². The van der Waals surface area contributed by atoms with Crippen molar-refractivity contribution in [3.05, 3.63) is 0 Å². The predicted molar refractivity (Wildman–Crippen MR) is 39.5 cm³/mol. The lowest BCUT2D eigenvalue weighted by molar-refractivity contribution is -0.259. The summed E-state index contributed by atoms with van der Waals surface area (Å²) in [5, 5.41) is 16.9. The first-order valence-corrected chi connectivity index (χ1v) is 3.95. The molecule has 0 saturated heterocycles. The number of aliphatic hydroxyl groups excluding tert-OH is 1. The molecule has 0 spiro atoms. The van der Waals surface area contributed by atoms with E-state index in [0.29, 0.717) is 0 Å². The smallest absolute Gasteiger partial charge is 0.266 e. The second kappa shape index (κ2) is 4.01. The molecule has 66 valence electrons. The first-order valence-electron chi connectivity index (χ1n) is 3.95. The van der Waals surface area contributed by atoms with Gasteiger partial charge in [0.2, 0.25) is 0 Å². The molecule has 4 N–H and O–H groups in total. The average Bonchev–Trinajstić information content (AvgIpc) is 1.93. The fourth-order valence-electron chi connectivity index (χ4n) is 1.40. The Labute approximate surface area is 66.0 Å². The molecule has 1 saturated carbocycles. The van der Waals surface area contributed by atoms with Gasteiger partial charge < -0.3 is 20.7 Å². The lowest BCUT2D eigenvalue weighted by Gasteiger charge is -2.26. The maximum absolute atomic E-state index is 8.47. The van der Waals surface area contributed by atoms with Crippen LogP contribution in [0.3, 0.4) is 0 Å². The van der Waals surface area contributed by atoms with Crippen LogP contribution >= 0.6 is 0 Å². The summed E-state index contributed by atoms with van der Waals surface area (Å²) in [7, 11) is 0. The molecule has 0 aromatic rings. The molecule has 4 nitrogen and oxygen atoms in total. The van der Waals surface area contributed by atoms with Crippen LogP contribution in [0, 0.1) is 0 Å². The van der Waals surface area contributed by atoms with Crippen LogP contribution in [0.5, 0.6) is 0 Å². The van der Waals surface area contributed by atoms with Crippen molar-refractivity contribution < 1.29 is 14.9 Å². The highest BCUT2D eigenvalue weighted by Crippen LogP contribution is 2.19. The highest BCUT2D eigenvalue weighted by molar-refractivity contribution is 4.74. The van der Waals surface area contributed by atoms with E-state index in [1.165, 1.54) is 0 Å². The minimum Gasteiger partial charge on any atom is -0.346 e. The molecule has 1 rings (SSSR count). The molecule has 0 radical (unpaired) electrons. The predicted octanol–water partition coefficient (Wildman–Crippen LogP) is -0.459. The highest BCUT2D eigenvalue weighted by Gasteiger charge is 2.20. The van der Waals surface area contributed by atoms with Crippen LogP contribution in [-0.4, -0.2) is 28.8 Å². The van der Waals surface area contributed by atoms with E-state index in [4.69, 9.17) is 20.7 Å². The molecule has 11 heavy (non-hydrogen) atoms. The molecule has 4 heteroatoms. The summed E-state index contributed by atoms with van der Waals surface area (Å²) < 4.78 is 4.80. The van der Waals surface area contributed by atoms with Gasteiger partial charge in [-0.3, -0.25) is 0 Å². The topological polar surface area (TPSA) is 75.7 Å². The van der Waals surface area contributed by atoms with Crippen molar-refractivity contribution in [2.24, 2.45) is 5.73 Å². The molecule has 0 aromatic heterocycles. The van der Waals surface area contributed by atoms with E-state index in [1.807, 2.05) is 0 Å². The minimum absolute atomic E-state index is 0.0187. The van der Waals surface area contributed by atoms with Crippen LogP contribution in [0.25, 0.3) is 0 Å². The third-order valence-corrected chi connectivity index (χ3v) is 2.03. The Balaban J connectivity index is 2.17. The van der Waals surface area contributed by atoms with Gasteiger partial charge in [0, 0.05) is 6.04 Å². The third-order valence-electron chi connectivity index (χ3n) is 2.03. The van der Waals surface area contributed by atoms with Gasteiger partial charge in [-0.25, -0.2) is 0 Å². The van der Waals surface area contributed by atoms with E-state index in [1.54, 1.807) is 0 Å². The van der Waals surface area contributed by atoms with Gasteiger partial charge in [-0.05, 0) is 25.7 Å². The van der Waals surface area contributed by atoms with E-state index < -0.39 is 6.48 Å². The van der Waals surface area contributed by atoms with Crippen molar-refractivity contribution in [2.45, 2.75) is 44.3 Å². The Bertz CT molecular complexity index is 110. The fourth-order valence-corrected chi connectivity index (χ4v) is 1.40. The summed E-state index contributed by atoms with van der Waals surface area (Å²) in [4.78, 5) is 0. The van der Waals surface area contributed by atoms with Crippen molar-refractivity contribution in [1.82, 2.24) is 0 Å². The van der Waals surface area contributed by atoms with Gasteiger partial charge in [0.1, 0.15) is 0 Å². The summed E-state index contributed by atoms with van der Waals surface area (Å²) in [5.41, 5.74) is 5.65. The average molecular weight is 161 g/mol. The Morgan fingerprint density at radius 3 is 2.18 bits per heavy atom. The summed E-state index contributed by atoms with van der Waals surface area (Å²) in [6.45, 7) is -1.63. The van der Waals surface area contributed by atoms with Gasteiger partial charge in [0.25, 0.3) is 6.48 Å². The van der Waals surface area contributed by atoms with Crippen molar-refractivity contribution in [3.63, 3.8) is 0 Å². The number of rotatable bonds is 2. The molecule has 1 fully saturated rings. The van der Waals surface area contributed by atoms with E-state index >= 15 is 0 Å². The van der Waals surface area contributed by atoms with Crippen LogP contribution < -0.4 is 5.73 Å². The monoisotopic (exact) mass is 161 g/mol. The van der Waals surface area contributed by atoms with Crippen LogP contribution in [0.15, 0.2) is 0 Å². The summed E-state index contributed by atoms with van der Waals surface area (Å²) >= 11 is 0. The van der Waals surface area contributed by atoms with Crippen molar-refractivity contribution in [2.75, 3.05) is 0 Å². The highest BCUT2D eigenvalue weighted by atomic mass is 16.7. The van der Waals surface area contributed by atoms with E-state index in [9.17, 15) is 0 Å². The lowest BCUT2D eigenvalue weighted by atomic mass is 9.94. The van der Waals surface area contributed by atoms with Gasteiger partial charge in [-0.15, -0.1) is 0 Å². The molecule has 0 atom stereocenters. The SMILES string of the molecule is NC1CCC(OC(O)O)CC1. The number of aliphatic hydroxyl groups is 2. The zero-order valence-corrected chi connectivity index (χ0v) is 6.44. The van der Waals surface area contributed by atoms with E-state index in [2.05, 4.69) is 0 Å². The first-order chi connectivity index (χ1) is 5.18. The Hall–Kier alpha value is -0.160. The maximum Gasteiger partial charge on any atom is 0.266 e. The van der Waals surface area contributed by atoms with Gasteiger partial charge in [0.15, 0.2) is 0 Å². The standard InChI is InChI=1S/C7H15NO3/c8-5-1-3-6(4-2-5)11-7(9)10/h5-7,9-10H,1-4,8H2. The lowest BCUT2D eigenvalue weighted by Crippen LogP contribution is -2.32. The van der Waals surface area contributed by atoms with Gasteiger partial charge >= 0.3 is 0 Å². The van der Waals surface area contributed by atoms with E-state index in [0.717, 1.165) is 25.7 Å². The van der Waals surface area contributed by atoms with E-state index in [-0.39, 0.29) is 12.1 Å². The van der Waals surface area contributed by atoms with Crippen molar-refractivity contribution >= 4 is 0 Å². The Morgan fingerprint density at radius 2 is 1.73 bits per heavy atom. The minimum atomic E-state index is -1.63. The van der Waals surface area contributed by atoms with Gasteiger partial charge in [-0.1, -0.05) is 0 Å². The number of ether oxygens (including phenoxy) is 1. The summed E-state index contributed by atoms with van der Waals surface area (Å²) in [6, 6.07) is 0.269. The normalized spacial score (nSPS) is 32.7. The fraction of sp³-hybridized carbons (Fsp3) is 1.00. The Morgan fingerprint density at radius 1 is 1.18 bits per heavy atom. The van der Waals surface area contributed by atoms with Crippen LogP contribution in [-0.2, 0) is 4.74 Å². The van der Waals surface area contributed by atoms with Crippen molar-refractivity contribution in [3.8, 4) is 0 Å². The zero-order chi connectivity index (χ0) is 8.27. The second-order valence-electron chi connectivity index (χ2n) is 3.00. The zero-order valence-electron chi connectivity index (χ0n) is 6.44.